The van der Waals surface area contributed by atoms with Crippen molar-refractivity contribution < 1.29 is 21.3 Å². The molecule has 0 aliphatic heterocycles. The average Bonchev–Trinajstić information content (AvgIpc) is 3.10. The first kappa shape index (κ1) is 19.6. The van der Waals surface area contributed by atoms with Crippen LogP contribution in [0.25, 0.3) is 11.5 Å². The largest absolute Gasteiger partial charge is 0.423 e. The van der Waals surface area contributed by atoms with Gasteiger partial charge in [0.1, 0.15) is 0 Å². The summed E-state index contributed by atoms with van der Waals surface area (Å²) >= 11 is 5.81. The van der Waals surface area contributed by atoms with Crippen LogP contribution in [0, 0.1) is 0 Å². The maximum absolute atomic E-state index is 13.0. The molecule has 9 heteroatoms. The molecule has 3 rings (SSSR count). The van der Waals surface area contributed by atoms with Gasteiger partial charge in [-0.25, -0.2) is 16.8 Å². The van der Waals surface area contributed by atoms with E-state index in [1.165, 1.54) is 24.3 Å². The predicted molar refractivity (Wildman–Crippen MR) is 101 cm³/mol. The second kappa shape index (κ2) is 7.46. The van der Waals surface area contributed by atoms with E-state index in [0.29, 0.717) is 17.0 Å². The molecule has 0 aliphatic rings. The highest BCUT2D eigenvalue weighted by atomic mass is 35.5. The highest BCUT2D eigenvalue weighted by Gasteiger charge is 2.34. The molecule has 0 amide bonds. The summed E-state index contributed by atoms with van der Waals surface area (Å²) in [6.07, 6.45) is 0.310. The van der Waals surface area contributed by atoms with Crippen molar-refractivity contribution in [2.45, 2.75) is 28.4 Å². The molecule has 0 saturated heterocycles. The first-order valence-electron chi connectivity index (χ1n) is 8.05. The highest BCUT2D eigenvalue weighted by molar-refractivity contribution is 7.94. The Kier molecular flexibility index (Phi) is 5.41. The summed E-state index contributed by atoms with van der Waals surface area (Å²) in [5.74, 6) is -0.322. The van der Waals surface area contributed by atoms with E-state index in [-0.39, 0.29) is 16.5 Å². The predicted octanol–water partition coefficient (Wildman–Crippen LogP) is 4.01. The van der Waals surface area contributed by atoms with Gasteiger partial charge in [0.15, 0.2) is 0 Å². The maximum Gasteiger partial charge on any atom is 0.258 e. The van der Waals surface area contributed by atoms with Crippen LogP contribution in [0.5, 0.6) is 0 Å². The molecule has 0 atom stereocenters. The van der Waals surface area contributed by atoms with Crippen molar-refractivity contribution in [3.05, 3.63) is 59.6 Å². The van der Waals surface area contributed by atoms with Crippen molar-refractivity contribution in [3.8, 4) is 11.5 Å². The summed E-state index contributed by atoms with van der Waals surface area (Å²) in [6.45, 7) is 1.68. The molecular formula is C18H16ClNO5S2. The SMILES string of the molecule is CCCS(=O)(=O)c1oc(-c2ccccc2)nc1S(=O)(=O)c1ccc(Cl)cc1. The average molecular weight is 426 g/mol. The van der Waals surface area contributed by atoms with Crippen LogP contribution < -0.4 is 0 Å². The molecule has 0 fully saturated rings. The van der Waals surface area contributed by atoms with E-state index >= 15 is 0 Å². The van der Waals surface area contributed by atoms with Crippen LogP contribution in [-0.2, 0) is 19.7 Å². The molecule has 1 heterocycles. The molecule has 0 bridgehead atoms. The minimum atomic E-state index is -4.22. The Morgan fingerprint density at radius 1 is 0.963 bits per heavy atom. The number of nitrogens with zero attached hydrogens (tertiary/aromatic N) is 1. The fraction of sp³-hybridized carbons (Fsp3) is 0.167. The zero-order valence-electron chi connectivity index (χ0n) is 14.3. The molecule has 1 aromatic heterocycles. The van der Waals surface area contributed by atoms with Crippen molar-refractivity contribution >= 4 is 31.3 Å². The molecular weight excluding hydrogens is 410 g/mol. The lowest BCUT2D eigenvalue weighted by molar-refractivity contribution is 0.444. The normalized spacial score (nSPS) is 12.2. The van der Waals surface area contributed by atoms with Crippen molar-refractivity contribution in [2.24, 2.45) is 0 Å². The van der Waals surface area contributed by atoms with Crippen LogP contribution in [0.2, 0.25) is 5.02 Å². The van der Waals surface area contributed by atoms with E-state index in [1.807, 2.05) is 0 Å². The molecule has 3 aromatic rings. The molecule has 6 nitrogen and oxygen atoms in total. The molecule has 142 valence electrons. The number of rotatable bonds is 6. The van der Waals surface area contributed by atoms with Crippen LogP contribution in [0.1, 0.15) is 13.3 Å². The first-order chi connectivity index (χ1) is 12.8. The van der Waals surface area contributed by atoms with Gasteiger partial charge in [0, 0.05) is 10.6 Å². The van der Waals surface area contributed by atoms with E-state index in [9.17, 15) is 16.8 Å². The van der Waals surface area contributed by atoms with Gasteiger partial charge in [-0.15, -0.1) is 0 Å². The third-order valence-corrected chi connectivity index (χ3v) is 7.57. The van der Waals surface area contributed by atoms with Crippen LogP contribution in [0.3, 0.4) is 0 Å². The van der Waals surface area contributed by atoms with E-state index < -0.39 is 29.8 Å². The monoisotopic (exact) mass is 425 g/mol. The zero-order valence-corrected chi connectivity index (χ0v) is 16.7. The Bertz CT molecular complexity index is 1150. The van der Waals surface area contributed by atoms with Crippen LogP contribution in [-0.4, -0.2) is 27.6 Å². The summed E-state index contributed by atoms with van der Waals surface area (Å²) in [6, 6.07) is 13.9. The number of aromatic nitrogens is 1. The lowest BCUT2D eigenvalue weighted by Crippen LogP contribution is -2.11. The molecule has 0 radical (unpaired) electrons. The Morgan fingerprint density at radius 2 is 1.59 bits per heavy atom. The lowest BCUT2D eigenvalue weighted by Gasteiger charge is -2.04. The van der Waals surface area contributed by atoms with Gasteiger partial charge in [-0.05, 0) is 42.8 Å². The molecule has 0 saturated carbocycles. The van der Waals surface area contributed by atoms with E-state index in [4.69, 9.17) is 16.0 Å². The Balaban J connectivity index is 2.24. The van der Waals surface area contributed by atoms with Crippen molar-refractivity contribution in [3.63, 3.8) is 0 Å². The minimum Gasteiger partial charge on any atom is -0.423 e. The van der Waals surface area contributed by atoms with Gasteiger partial charge in [-0.3, -0.25) is 0 Å². The Hall–Kier alpha value is -2.16. The summed E-state index contributed by atoms with van der Waals surface area (Å²) in [5, 5.41) is -0.895. The Labute approximate surface area is 162 Å². The number of hydrogen-bond acceptors (Lipinski definition) is 6. The molecule has 27 heavy (non-hydrogen) atoms. The molecule has 0 N–H and O–H groups in total. The summed E-state index contributed by atoms with van der Waals surface area (Å²) in [5.41, 5.74) is 0.475. The number of oxazole rings is 1. The summed E-state index contributed by atoms with van der Waals surface area (Å²) in [4.78, 5) is 3.91. The van der Waals surface area contributed by atoms with Crippen molar-refractivity contribution in [1.29, 1.82) is 0 Å². The minimum absolute atomic E-state index is 0.0715. The molecule has 2 aromatic carbocycles. The van der Waals surface area contributed by atoms with Crippen LogP contribution >= 0.6 is 11.6 Å². The molecule has 0 spiro atoms. The quantitative estimate of drug-likeness (QED) is 0.592. The third-order valence-electron chi connectivity index (χ3n) is 3.72. The summed E-state index contributed by atoms with van der Waals surface area (Å²) in [7, 11) is -8.18. The van der Waals surface area contributed by atoms with Crippen LogP contribution in [0.15, 0.2) is 74.0 Å². The highest BCUT2D eigenvalue weighted by Crippen LogP contribution is 2.32. The van der Waals surface area contributed by atoms with Crippen LogP contribution in [0.4, 0.5) is 0 Å². The second-order valence-electron chi connectivity index (χ2n) is 5.75. The van der Waals surface area contributed by atoms with E-state index in [1.54, 1.807) is 37.3 Å². The number of halogens is 1. The van der Waals surface area contributed by atoms with Gasteiger partial charge in [-0.1, -0.05) is 36.7 Å². The van der Waals surface area contributed by atoms with Gasteiger partial charge >= 0.3 is 0 Å². The van der Waals surface area contributed by atoms with Gasteiger partial charge < -0.3 is 4.42 Å². The fourth-order valence-electron chi connectivity index (χ4n) is 2.45. The molecule has 0 aliphatic carbocycles. The summed E-state index contributed by atoms with van der Waals surface area (Å²) < 4.78 is 56.7. The van der Waals surface area contributed by atoms with Crippen molar-refractivity contribution in [1.82, 2.24) is 4.98 Å². The number of hydrogen-bond donors (Lipinski definition) is 0. The number of sulfone groups is 2. The second-order valence-corrected chi connectivity index (χ2v) is 10.1. The molecule has 0 unspecified atom stereocenters. The number of benzene rings is 2. The first-order valence-corrected chi connectivity index (χ1v) is 11.6. The zero-order chi connectivity index (χ0) is 19.7. The fourth-order valence-corrected chi connectivity index (χ4v) is 5.71. The lowest BCUT2D eigenvalue weighted by atomic mass is 10.2. The van der Waals surface area contributed by atoms with Gasteiger partial charge in [-0.2, -0.15) is 4.98 Å². The maximum atomic E-state index is 13.0. The topological polar surface area (TPSA) is 94.3 Å². The van der Waals surface area contributed by atoms with E-state index in [2.05, 4.69) is 4.98 Å². The van der Waals surface area contributed by atoms with E-state index in [0.717, 1.165) is 0 Å². The Morgan fingerprint density at radius 3 is 2.19 bits per heavy atom. The standard InChI is InChI=1S/C18H16ClNO5S2/c1-2-12-26(21,22)18-17(20-16(25-18)13-6-4-3-5-7-13)27(23,24)15-10-8-14(19)9-11-15/h3-11H,2,12H2,1H3. The van der Waals surface area contributed by atoms with Gasteiger partial charge in [0.05, 0.1) is 10.6 Å². The van der Waals surface area contributed by atoms with Gasteiger partial charge in [0.25, 0.3) is 5.09 Å². The van der Waals surface area contributed by atoms with Gasteiger partial charge in [0.2, 0.25) is 30.6 Å². The third kappa shape index (κ3) is 3.92. The smallest absolute Gasteiger partial charge is 0.258 e. The van der Waals surface area contributed by atoms with Crippen molar-refractivity contribution in [2.75, 3.05) is 5.75 Å².